The van der Waals surface area contributed by atoms with Gasteiger partial charge in [0, 0.05) is 11.3 Å². The molecule has 0 bridgehead atoms. The van der Waals surface area contributed by atoms with Crippen molar-refractivity contribution < 1.29 is 38.1 Å². The van der Waals surface area contributed by atoms with Crippen LogP contribution < -0.4 is 21.4 Å². The molecule has 267 valence electrons. The molecule has 1 atom stereocenters. The number of amides is 2. The van der Waals surface area contributed by atoms with Crippen LogP contribution in [0.2, 0.25) is 13.1 Å². The Bertz CT molecular complexity index is 2010. The first-order chi connectivity index (χ1) is 23.2. The summed E-state index contributed by atoms with van der Waals surface area (Å²) in [6.45, 7) is 19.8. The number of nitrogens with one attached hydrogen (secondary N) is 2. The SMILES string of the molecule is C=C[Si-](C)(C)c1c2c(nc3ccc(NC(=O)OC(C)(C)C)cc13)-c1cc3c(c(=O)n1C2)COC(=O)[C@@]3(CC)OC(=O)CNC(=O)OC(C)(C)C. The highest BCUT2D eigenvalue weighted by Gasteiger charge is 2.50. The standard InChI is InChI=1S/C36H44N4O9Si/c1-11-36(47-27(41)17-37-32(44)48-34(3,4)5)24-16-26-28-22(18-40(26)30(42)23(24)19-46-31(36)43)29(50(9,10)12-2)21-15-20(13-14-25(21)39-28)38-33(45)49-35(6,7)8/h12-16H,2,11,17-19H2,1,3-10H3,(H,37,44)(H,38,45)/q-1/t36-/m0/s1. The molecular weight excluding hydrogens is 661 g/mol. The summed E-state index contributed by atoms with van der Waals surface area (Å²) in [5, 5.41) is 6.96. The molecule has 2 N–H and O–H groups in total. The number of ether oxygens (including phenoxy) is 4. The summed E-state index contributed by atoms with van der Waals surface area (Å²) in [6.07, 6.45) is -1.45. The fourth-order valence-corrected chi connectivity index (χ4v) is 8.34. The van der Waals surface area contributed by atoms with Crippen molar-refractivity contribution in [2.75, 3.05) is 11.9 Å². The number of carbonyl (C=O) groups is 4. The monoisotopic (exact) mass is 704 g/mol. The fraction of sp³-hybridized carbons (Fsp3) is 0.444. The molecule has 0 saturated heterocycles. The van der Waals surface area contributed by atoms with Crippen LogP contribution in [0.1, 0.15) is 71.6 Å². The zero-order chi connectivity index (χ0) is 37.0. The van der Waals surface area contributed by atoms with E-state index in [1.807, 2.05) is 11.8 Å². The van der Waals surface area contributed by atoms with Crippen LogP contribution in [0.5, 0.6) is 0 Å². The fourth-order valence-electron chi connectivity index (χ4n) is 6.26. The van der Waals surface area contributed by atoms with Crippen molar-refractivity contribution in [1.82, 2.24) is 14.9 Å². The number of hydrogen-bond donors (Lipinski definition) is 2. The molecule has 2 amide bonds. The van der Waals surface area contributed by atoms with E-state index in [0.717, 1.165) is 16.1 Å². The molecule has 2 aliphatic rings. The second-order valence-corrected chi connectivity index (χ2v) is 19.3. The lowest BCUT2D eigenvalue weighted by atomic mass is 9.85. The molecule has 1 aromatic carbocycles. The van der Waals surface area contributed by atoms with Crippen molar-refractivity contribution >= 4 is 54.0 Å². The summed E-state index contributed by atoms with van der Waals surface area (Å²) >= 11 is 0. The van der Waals surface area contributed by atoms with Gasteiger partial charge in [0.05, 0.1) is 29.0 Å². The normalized spacial score (nSPS) is 16.8. The van der Waals surface area contributed by atoms with Crippen LogP contribution in [-0.2, 0) is 47.3 Å². The number of hydrogen-bond acceptors (Lipinski definition) is 10. The van der Waals surface area contributed by atoms with Crippen molar-refractivity contribution in [1.29, 1.82) is 0 Å². The summed E-state index contributed by atoms with van der Waals surface area (Å²) in [4.78, 5) is 70.5. The number of esters is 2. The lowest BCUT2D eigenvalue weighted by Crippen LogP contribution is -2.49. The van der Waals surface area contributed by atoms with Crippen molar-refractivity contribution in [3.8, 4) is 11.4 Å². The maximum absolute atomic E-state index is 14.2. The first-order valence-electron chi connectivity index (χ1n) is 16.4. The summed E-state index contributed by atoms with van der Waals surface area (Å²) in [5.74, 6) is -1.73. The van der Waals surface area contributed by atoms with Crippen molar-refractivity contribution in [2.24, 2.45) is 0 Å². The molecule has 0 fully saturated rings. The van der Waals surface area contributed by atoms with E-state index in [0.29, 0.717) is 22.6 Å². The number of nitrogens with zero attached hydrogens (tertiary/aromatic N) is 2. The van der Waals surface area contributed by atoms with Crippen LogP contribution >= 0.6 is 0 Å². The van der Waals surface area contributed by atoms with Gasteiger partial charge in [-0.15, -0.1) is 6.58 Å². The van der Waals surface area contributed by atoms with Gasteiger partial charge in [-0.2, -0.15) is 18.3 Å². The number of carbonyl (C=O) groups excluding carboxylic acids is 4. The highest BCUT2D eigenvalue weighted by molar-refractivity contribution is 6.95. The molecule has 0 spiro atoms. The van der Waals surface area contributed by atoms with Crippen molar-refractivity contribution in [3.05, 3.63) is 63.6 Å². The van der Waals surface area contributed by atoms with E-state index in [1.54, 1.807) is 71.2 Å². The second kappa shape index (κ2) is 12.7. The van der Waals surface area contributed by atoms with E-state index in [1.165, 1.54) is 0 Å². The van der Waals surface area contributed by atoms with Gasteiger partial charge in [-0.25, -0.2) is 25.1 Å². The Morgan fingerprint density at radius 2 is 1.70 bits per heavy atom. The van der Waals surface area contributed by atoms with Crippen LogP contribution in [0.15, 0.2) is 41.3 Å². The van der Waals surface area contributed by atoms with Gasteiger partial charge in [-0.05, 0) is 83.2 Å². The first kappa shape index (κ1) is 36.3. The largest absolute Gasteiger partial charge is 0.457 e. The lowest BCUT2D eigenvalue weighted by molar-refractivity contribution is -0.188. The molecule has 50 heavy (non-hydrogen) atoms. The maximum Gasteiger partial charge on any atom is 0.412 e. The van der Waals surface area contributed by atoms with Crippen LogP contribution in [0.3, 0.4) is 0 Å². The van der Waals surface area contributed by atoms with E-state index in [-0.39, 0.29) is 30.7 Å². The van der Waals surface area contributed by atoms with Gasteiger partial charge in [0.25, 0.3) is 5.56 Å². The molecule has 0 saturated carbocycles. The highest BCUT2D eigenvalue weighted by atomic mass is 28.3. The molecular formula is C36H44N4O9Si-. The van der Waals surface area contributed by atoms with E-state index in [2.05, 4.69) is 30.3 Å². The zero-order valence-electron chi connectivity index (χ0n) is 30.0. The van der Waals surface area contributed by atoms with Crippen molar-refractivity contribution in [2.45, 2.75) is 97.9 Å². The Kier molecular flexibility index (Phi) is 9.24. The van der Waals surface area contributed by atoms with E-state index >= 15 is 0 Å². The zero-order valence-corrected chi connectivity index (χ0v) is 31.0. The van der Waals surface area contributed by atoms with Gasteiger partial charge in [0.15, 0.2) is 0 Å². The van der Waals surface area contributed by atoms with Gasteiger partial charge < -0.3 is 28.8 Å². The molecule has 4 heterocycles. The number of cyclic esters (lactones) is 1. The molecule has 0 aliphatic carbocycles. The minimum Gasteiger partial charge on any atom is -0.457 e. The summed E-state index contributed by atoms with van der Waals surface area (Å²) in [5.41, 5.74) is 1.57. The number of alkyl carbamates (subject to hydrolysis) is 1. The number of benzene rings is 1. The molecule has 0 unspecified atom stereocenters. The average Bonchev–Trinajstić information content (AvgIpc) is 3.36. The summed E-state index contributed by atoms with van der Waals surface area (Å²) in [6, 6.07) is 7.07. The van der Waals surface area contributed by atoms with E-state index < -0.39 is 61.1 Å². The second-order valence-electron chi connectivity index (χ2n) is 15.0. The Labute approximate surface area is 291 Å². The molecule has 14 heteroatoms. The maximum atomic E-state index is 14.2. The predicted molar refractivity (Wildman–Crippen MR) is 190 cm³/mol. The number of aromatic nitrogens is 2. The van der Waals surface area contributed by atoms with Gasteiger partial charge >= 0.3 is 24.1 Å². The number of fused-ring (bicyclic) bond motifs is 5. The van der Waals surface area contributed by atoms with Gasteiger partial charge in [0.2, 0.25) is 5.60 Å². The highest BCUT2D eigenvalue weighted by Crippen LogP contribution is 2.41. The minimum atomic E-state index is -2.39. The number of pyridine rings is 2. The molecule has 3 aromatic rings. The van der Waals surface area contributed by atoms with Crippen molar-refractivity contribution in [3.63, 3.8) is 0 Å². The quantitative estimate of drug-likeness (QED) is 0.150. The first-order valence-corrected chi connectivity index (χ1v) is 19.5. The average molecular weight is 705 g/mol. The lowest BCUT2D eigenvalue weighted by Gasteiger charge is -2.35. The smallest absolute Gasteiger partial charge is 0.412 e. The summed E-state index contributed by atoms with van der Waals surface area (Å²) in [7, 11) is -2.39. The molecule has 2 aliphatic heterocycles. The third kappa shape index (κ3) is 6.89. The van der Waals surface area contributed by atoms with Gasteiger partial charge in [-0.1, -0.05) is 15.0 Å². The number of anilines is 1. The van der Waals surface area contributed by atoms with Crippen LogP contribution in [0.25, 0.3) is 22.3 Å². The molecule has 5 rings (SSSR count). The van der Waals surface area contributed by atoms with E-state index in [4.69, 9.17) is 23.9 Å². The Balaban J connectivity index is 1.61. The Morgan fingerprint density at radius 1 is 1.04 bits per heavy atom. The Morgan fingerprint density at radius 3 is 2.32 bits per heavy atom. The van der Waals surface area contributed by atoms with Gasteiger partial charge in [0.1, 0.15) is 24.4 Å². The molecule has 13 nitrogen and oxygen atoms in total. The van der Waals surface area contributed by atoms with Crippen LogP contribution in [0.4, 0.5) is 15.3 Å². The topological polar surface area (TPSA) is 164 Å². The van der Waals surface area contributed by atoms with Crippen LogP contribution in [0, 0.1) is 0 Å². The number of rotatable bonds is 7. The van der Waals surface area contributed by atoms with Gasteiger partial charge in [-0.3, -0.25) is 14.9 Å². The summed E-state index contributed by atoms with van der Waals surface area (Å²) < 4.78 is 23.5. The predicted octanol–water partition coefficient (Wildman–Crippen LogP) is 5.14. The molecule has 0 radical (unpaired) electrons. The third-order valence-electron chi connectivity index (χ3n) is 8.52. The minimum absolute atomic E-state index is 0.0347. The van der Waals surface area contributed by atoms with E-state index in [9.17, 15) is 24.0 Å². The third-order valence-corrected chi connectivity index (χ3v) is 11.4. The van der Waals surface area contributed by atoms with Crippen LogP contribution in [-0.4, -0.2) is 59.5 Å². The Hall–Kier alpha value is -4.98. The molecule has 2 aromatic heterocycles.